The molecule has 1 amide bonds. The van der Waals surface area contributed by atoms with E-state index in [1.54, 1.807) is 0 Å². The molecule has 0 saturated heterocycles. The standard InChI is InChI=1S/C11H18BrNO2/c1-9(2)8(15)11(12)4-3-10(9,6-11)5-7(13)14/h8,15H,3-6H2,1-2H3,(H2,13,14)/t8-,10+,11-/m1/s1. The highest BCUT2D eigenvalue weighted by Gasteiger charge is 2.68. The Balaban J connectivity index is 2.37. The van der Waals surface area contributed by atoms with Gasteiger partial charge in [0.25, 0.3) is 0 Å². The number of halogens is 1. The summed E-state index contributed by atoms with van der Waals surface area (Å²) in [6, 6.07) is 0. The number of aliphatic hydroxyl groups is 1. The van der Waals surface area contributed by atoms with Crippen molar-refractivity contribution in [3.05, 3.63) is 0 Å². The van der Waals surface area contributed by atoms with Gasteiger partial charge < -0.3 is 10.8 Å². The summed E-state index contributed by atoms with van der Waals surface area (Å²) in [5.41, 5.74) is 4.98. The first kappa shape index (κ1) is 11.4. The highest BCUT2D eigenvalue weighted by Crippen LogP contribution is 2.69. The lowest BCUT2D eigenvalue weighted by Gasteiger charge is -2.45. The van der Waals surface area contributed by atoms with Crippen LogP contribution in [0.5, 0.6) is 0 Å². The van der Waals surface area contributed by atoms with Crippen molar-refractivity contribution in [2.24, 2.45) is 16.6 Å². The summed E-state index contributed by atoms with van der Waals surface area (Å²) in [5.74, 6) is -0.256. The predicted octanol–water partition coefficient (Wildman–Crippen LogP) is 1.57. The first-order valence-electron chi connectivity index (χ1n) is 5.39. The lowest BCUT2D eigenvalue weighted by atomic mass is 9.62. The Bertz CT molecular complexity index is 318. The number of primary amides is 1. The Morgan fingerprint density at radius 2 is 2.13 bits per heavy atom. The van der Waals surface area contributed by atoms with Crippen molar-refractivity contribution in [1.29, 1.82) is 0 Å². The van der Waals surface area contributed by atoms with Gasteiger partial charge in [0.15, 0.2) is 0 Å². The zero-order chi connectivity index (χ0) is 11.5. The van der Waals surface area contributed by atoms with Gasteiger partial charge in [0.05, 0.1) is 10.4 Å². The van der Waals surface area contributed by atoms with E-state index in [-0.39, 0.29) is 21.1 Å². The summed E-state index contributed by atoms with van der Waals surface area (Å²) >= 11 is 3.65. The lowest BCUT2D eigenvalue weighted by molar-refractivity contribution is -0.123. The van der Waals surface area contributed by atoms with E-state index in [1.807, 2.05) is 13.8 Å². The van der Waals surface area contributed by atoms with Gasteiger partial charge >= 0.3 is 0 Å². The molecule has 0 aromatic heterocycles. The second-order valence-electron chi connectivity index (χ2n) is 5.76. The molecule has 86 valence electrons. The quantitative estimate of drug-likeness (QED) is 0.752. The molecule has 0 aliphatic heterocycles. The monoisotopic (exact) mass is 275 g/mol. The average molecular weight is 276 g/mol. The van der Waals surface area contributed by atoms with Crippen LogP contribution in [0.3, 0.4) is 0 Å². The highest BCUT2D eigenvalue weighted by atomic mass is 79.9. The maximum atomic E-state index is 11.2. The number of aliphatic hydroxyl groups excluding tert-OH is 1. The third-order valence-electron chi connectivity index (χ3n) is 4.70. The predicted molar refractivity (Wildman–Crippen MR) is 61.5 cm³/mol. The van der Waals surface area contributed by atoms with Crippen molar-refractivity contribution >= 4 is 21.8 Å². The van der Waals surface area contributed by atoms with E-state index >= 15 is 0 Å². The molecule has 0 heterocycles. The molecular weight excluding hydrogens is 258 g/mol. The average Bonchev–Trinajstić information content (AvgIpc) is 2.48. The molecule has 2 saturated carbocycles. The van der Waals surface area contributed by atoms with Crippen molar-refractivity contribution in [2.45, 2.75) is 50.0 Å². The molecule has 2 rings (SSSR count). The van der Waals surface area contributed by atoms with Crippen LogP contribution in [0.25, 0.3) is 0 Å². The Hall–Kier alpha value is -0.0900. The van der Waals surface area contributed by atoms with Gasteiger partial charge in [-0.15, -0.1) is 0 Å². The first-order chi connectivity index (χ1) is 6.74. The van der Waals surface area contributed by atoms with Crippen molar-refractivity contribution in [1.82, 2.24) is 0 Å². The summed E-state index contributed by atoms with van der Waals surface area (Å²) in [5, 5.41) is 10.3. The highest BCUT2D eigenvalue weighted by molar-refractivity contribution is 9.10. The molecule has 0 aromatic rings. The summed E-state index contributed by atoms with van der Waals surface area (Å²) in [4.78, 5) is 11.2. The summed E-state index contributed by atoms with van der Waals surface area (Å²) in [6.45, 7) is 4.09. The smallest absolute Gasteiger partial charge is 0.217 e. The Kier molecular flexibility index (Phi) is 2.26. The van der Waals surface area contributed by atoms with Crippen LogP contribution in [0.1, 0.15) is 39.5 Å². The van der Waals surface area contributed by atoms with E-state index in [4.69, 9.17) is 5.73 Å². The van der Waals surface area contributed by atoms with Gasteiger partial charge in [-0.1, -0.05) is 29.8 Å². The third-order valence-corrected chi connectivity index (χ3v) is 5.82. The minimum absolute atomic E-state index is 0.109. The Morgan fingerprint density at radius 3 is 2.53 bits per heavy atom. The van der Waals surface area contributed by atoms with E-state index in [0.29, 0.717) is 6.42 Å². The molecule has 0 spiro atoms. The van der Waals surface area contributed by atoms with Crippen LogP contribution in [-0.4, -0.2) is 21.4 Å². The molecule has 0 radical (unpaired) electrons. The van der Waals surface area contributed by atoms with Gasteiger partial charge in [0.2, 0.25) is 5.91 Å². The largest absolute Gasteiger partial charge is 0.391 e. The van der Waals surface area contributed by atoms with E-state index in [2.05, 4.69) is 15.9 Å². The Labute approximate surface area is 98.5 Å². The van der Waals surface area contributed by atoms with Crippen LogP contribution >= 0.6 is 15.9 Å². The molecule has 2 aliphatic rings. The first-order valence-corrected chi connectivity index (χ1v) is 6.18. The van der Waals surface area contributed by atoms with Crippen LogP contribution in [0, 0.1) is 10.8 Å². The van der Waals surface area contributed by atoms with E-state index < -0.39 is 6.10 Å². The number of nitrogens with two attached hydrogens (primary N) is 1. The number of amides is 1. The maximum Gasteiger partial charge on any atom is 0.217 e. The number of fused-ring (bicyclic) bond motifs is 2. The molecule has 0 aromatic carbocycles. The van der Waals surface area contributed by atoms with Gasteiger partial charge in [-0.25, -0.2) is 0 Å². The number of hydrogen-bond donors (Lipinski definition) is 2. The molecule has 2 bridgehead atoms. The fraction of sp³-hybridized carbons (Fsp3) is 0.909. The molecular formula is C11H18BrNO2. The molecule has 3 nitrogen and oxygen atoms in total. The van der Waals surface area contributed by atoms with Gasteiger partial charge in [-0.05, 0) is 30.1 Å². The minimum atomic E-state index is -0.391. The fourth-order valence-electron chi connectivity index (χ4n) is 3.62. The summed E-state index contributed by atoms with van der Waals surface area (Å²) in [6.07, 6.45) is 2.77. The van der Waals surface area contributed by atoms with Crippen molar-refractivity contribution < 1.29 is 9.90 Å². The number of carbonyl (C=O) groups excluding carboxylic acids is 1. The molecule has 3 N–H and O–H groups in total. The van der Waals surface area contributed by atoms with Gasteiger partial charge in [-0.2, -0.15) is 0 Å². The van der Waals surface area contributed by atoms with E-state index in [9.17, 15) is 9.90 Å². The van der Waals surface area contributed by atoms with E-state index in [1.165, 1.54) is 0 Å². The van der Waals surface area contributed by atoms with Crippen LogP contribution in [-0.2, 0) is 4.79 Å². The molecule has 0 unspecified atom stereocenters. The normalized spacial score (nSPS) is 47.1. The van der Waals surface area contributed by atoms with Gasteiger partial charge in [-0.3, -0.25) is 4.79 Å². The van der Waals surface area contributed by atoms with Crippen molar-refractivity contribution in [2.75, 3.05) is 0 Å². The summed E-state index contributed by atoms with van der Waals surface area (Å²) < 4.78 is -0.189. The van der Waals surface area contributed by atoms with Crippen LogP contribution < -0.4 is 5.73 Å². The molecule has 2 aliphatic carbocycles. The minimum Gasteiger partial charge on any atom is -0.391 e. The second-order valence-corrected chi connectivity index (χ2v) is 7.34. The molecule has 3 atom stereocenters. The van der Waals surface area contributed by atoms with Crippen LogP contribution in [0.4, 0.5) is 0 Å². The summed E-state index contributed by atoms with van der Waals surface area (Å²) in [7, 11) is 0. The third kappa shape index (κ3) is 1.30. The topological polar surface area (TPSA) is 63.3 Å². The number of rotatable bonds is 2. The van der Waals surface area contributed by atoms with Gasteiger partial charge in [0, 0.05) is 6.42 Å². The van der Waals surface area contributed by atoms with Crippen LogP contribution in [0.15, 0.2) is 0 Å². The Morgan fingerprint density at radius 1 is 1.53 bits per heavy atom. The number of alkyl halides is 1. The lowest BCUT2D eigenvalue weighted by Crippen LogP contribution is -2.47. The molecule has 4 heteroatoms. The van der Waals surface area contributed by atoms with Crippen molar-refractivity contribution in [3.8, 4) is 0 Å². The van der Waals surface area contributed by atoms with Crippen molar-refractivity contribution in [3.63, 3.8) is 0 Å². The number of hydrogen-bond acceptors (Lipinski definition) is 2. The maximum absolute atomic E-state index is 11.2. The van der Waals surface area contributed by atoms with Crippen LogP contribution in [0.2, 0.25) is 0 Å². The fourth-order valence-corrected chi connectivity index (χ4v) is 4.93. The second kappa shape index (κ2) is 2.98. The van der Waals surface area contributed by atoms with E-state index in [0.717, 1.165) is 19.3 Å². The number of carbonyl (C=O) groups is 1. The van der Waals surface area contributed by atoms with Gasteiger partial charge in [0.1, 0.15) is 0 Å². The zero-order valence-corrected chi connectivity index (χ0v) is 10.8. The molecule has 15 heavy (non-hydrogen) atoms. The zero-order valence-electron chi connectivity index (χ0n) is 9.22. The molecule has 2 fully saturated rings. The SMILES string of the molecule is CC1(C)[C@@H](O)[C@@]2(Br)CC[C@]1(CC(N)=O)C2.